The van der Waals surface area contributed by atoms with Crippen LogP contribution in [0.15, 0.2) is 42.4 Å². The Labute approximate surface area is 154 Å². The lowest BCUT2D eigenvalue weighted by Gasteiger charge is -2.13. The van der Waals surface area contributed by atoms with Crippen LogP contribution in [-0.4, -0.2) is 40.0 Å². The summed E-state index contributed by atoms with van der Waals surface area (Å²) in [5.41, 5.74) is 2.39. The standard InChI is InChI=1S/C18H18N6OS/c1-11(13-4-2-3-7-20-13)21-18-23-14-6-9-26-16(14)15(24-18)17(25)22-12-5-8-19-10-12/h2-4,6-7,9,12,19H,1,5,8,10H2,(H,22,25)(H,21,23,24)/t12-/m0/s1. The molecule has 7 nitrogen and oxygen atoms in total. The smallest absolute Gasteiger partial charge is 0.271 e. The molecule has 0 spiro atoms. The predicted molar refractivity (Wildman–Crippen MR) is 103 cm³/mol. The second kappa shape index (κ2) is 7.19. The van der Waals surface area contributed by atoms with E-state index in [1.54, 1.807) is 6.20 Å². The van der Waals surface area contributed by atoms with Gasteiger partial charge in [-0.25, -0.2) is 9.97 Å². The van der Waals surface area contributed by atoms with Gasteiger partial charge < -0.3 is 16.0 Å². The maximum atomic E-state index is 12.7. The number of anilines is 1. The number of aromatic nitrogens is 3. The van der Waals surface area contributed by atoms with Crippen molar-refractivity contribution < 1.29 is 4.79 Å². The molecule has 0 bridgehead atoms. The summed E-state index contributed by atoms with van der Waals surface area (Å²) in [5.74, 6) is 0.154. The van der Waals surface area contributed by atoms with E-state index in [1.807, 2.05) is 29.6 Å². The fourth-order valence-electron chi connectivity index (χ4n) is 2.85. The average Bonchev–Trinajstić information content (AvgIpc) is 3.33. The summed E-state index contributed by atoms with van der Waals surface area (Å²) in [5, 5.41) is 11.3. The summed E-state index contributed by atoms with van der Waals surface area (Å²) in [6, 6.07) is 7.58. The number of rotatable bonds is 5. The van der Waals surface area contributed by atoms with Crippen LogP contribution in [0.1, 0.15) is 22.6 Å². The van der Waals surface area contributed by atoms with Crippen LogP contribution in [0.5, 0.6) is 0 Å². The summed E-state index contributed by atoms with van der Waals surface area (Å²) in [7, 11) is 0. The molecule has 1 amide bonds. The highest BCUT2D eigenvalue weighted by molar-refractivity contribution is 7.17. The van der Waals surface area contributed by atoms with E-state index < -0.39 is 0 Å². The van der Waals surface area contributed by atoms with E-state index in [1.165, 1.54) is 11.3 Å². The van der Waals surface area contributed by atoms with Crippen molar-refractivity contribution in [2.45, 2.75) is 12.5 Å². The molecule has 8 heteroatoms. The summed E-state index contributed by atoms with van der Waals surface area (Å²) in [6.07, 6.45) is 2.62. The Hall–Kier alpha value is -2.84. The molecule has 0 aromatic carbocycles. The molecule has 1 aliphatic rings. The van der Waals surface area contributed by atoms with Crippen LogP contribution in [0, 0.1) is 0 Å². The number of thiophene rings is 1. The molecule has 4 heterocycles. The Morgan fingerprint density at radius 2 is 2.23 bits per heavy atom. The Morgan fingerprint density at radius 3 is 3.00 bits per heavy atom. The van der Waals surface area contributed by atoms with Gasteiger partial charge in [0.1, 0.15) is 0 Å². The lowest BCUT2D eigenvalue weighted by molar-refractivity contribution is 0.0937. The van der Waals surface area contributed by atoms with E-state index in [2.05, 4.69) is 37.5 Å². The number of nitrogens with zero attached hydrogens (tertiary/aromatic N) is 3. The third-order valence-corrected chi connectivity index (χ3v) is 5.06. The molecule has 1 saturated heterocycles. The third kappa shape index (κ3) is 3.42. The van der Waals surface area contributed by atoms with Crippen molar-refractivity contribution in [2.75, 3.05) is 18.4 Å². The second-order valence-corrected chi connectivity index (χ2v) is 6.93. The molecule has 1 aliphatic heterocycles. The number of pyridine rings is 1. The summed E-state index contributed by atoms with van der Waals surface area (Å²) in [6.45, 7) is 5.69. The highest BCUT2D eigenvalue weighted by Gasteiger charge is 2.21. The van der Waals surface area contributed by atoms with E-state index in [9.17, 15) is 4.79 Å². The molecule has 3 aromatic heterocycles. The fourth-order valence-corrected chi connectivity index (χ4v) is 3.66. The average molecular weight is 366 g/mol. The van der Waals surface area contributed by atoms with E-state index in [0.29, 0.717) is 23.0 Å². The predicted octanol–water partition coefficient (Wildman–Crippen LogP) is 2.26. The first-order valence-electron chi connectivity index (χ1n) is 8.35. The van der Waals surface area contributed by atoms with Gasteiger partial charge in [-0.3, -0.25) is 9.78 Å². The Morgan fingerprint density at radius 1 is 1.31 bits per heavy atom. The molecule has 0 unspecified atom stereocenters. The van der Waals surface area contributed by atoms with E-state index in [0.717, 1.165) is 29.7 Å². The molecule has 0 saturated carbocycles. The van der Waals surface area contributed by atoms with Gasteiger partial charge in [-0.15, -0.1) is 11.3 Å². The van der Waals surface area contributed by atoms with Crippen molar-refractivity contribution in [2.24, 2.45) is 0 Å². The van der Waals surface area contributed by atoms with Crippen LogP contribution < -0.4 is 16.0 Å². The van der Waals surface area contributed by atoms with Gasteiger partial charge in [0.05, 0.1) is 21.6 Å². The molecule has 1 fully saturated rings. The number of carbonyl (C=O) groups excluding carboxylic acids is 1. The van der Waals surface area contributed by atoms with Crippen LogP contribution in [0.4, 0.5) is 5.95 Å². The van der Waals surface area contributed by atoms with Crippen LogP contribution >= 0.6 is 11.3 Å². The highest BCUT2D eigenvalue weighted by atomic mass is 32.1. The van der Waals surface area contributed by atoms with Gasteiger partial charge in [-0.05, 0) is 36.5 Å². The Bertz CT molecular complexity index is 949. The zero-order valence-electron chi connectivity index (χ0n) is 14.0. The first-order valence-corrected chi connectivity index (χ1v) is 9.23. The molecule has 26 heavy (non-hydrogen) atoms. The van der Waals surface area contributed by atoms with Crippen LogP contribution in [0.25, 0.3) is 15.9 Å². The van der Waals surface area contributed by atoms with Crippen molar-refractivity contribution in [3.63, 3.8) is 0 Å². The molecule has 0 aliphatic carbocycles. The largest absolute Gasteiger partial charge is 0.347 e. The SMILES string of the molecule is C=C(Nc1nc(C(=O)N[C@H]2CCNC2)c2sccc2n1)c1ccccn1. The number of amides is 1. The Kier molecular flexibility index (Phi) is 4.59. The van der Waals surface area contributed by atoms with Gasteiger partial charge in [0, 0.05) is 18.8 Å². The monoisotopic (exact) mass is 366 g/mol. The normalized spacial score (nSPS) is 16.5. The zero-order valence-corrected chi connectivity index (χ0v) is 14.8. The van der Waals surface area contributed by atoms with Gasteiger partial charge >= 0.3 is 0 Å². The minimum atomic E-state index is -0.181. The molecular formula is C18H18N6OS. The first kappa shape index (κ1) is 16.6. The molecular weight excluding hydrogens is 348 g/mol. The number of hydrogen-bond donors (Lipinski definition) is 3. The van der Waals surface area contributed by atoms with Crippen molar-refractivity contribution in [3.05, 3.63) is 53.8 Å². The van der Waals surface area contributed by atoms with Gasteiger partial charge in [-0.2, -0.15) is 0 Å². The topological polar surface area (TPSA) is 91.8 Å². The molecule has 0 radical (unpaired) electrons. The number of fused-ring (bicyclic) bond motifs is 1. The molecule has 4 rings (SSSR count). The van der Waals surface area contributed by atoms with Crippen molar-refractivity contribution >= 4 is 39.1 Å². The van der Waals surface area contributed by atoms with Gasteiger partial charge in [0.15, 0.2) is 5.69 Å². The summed E-state index contributed by atoms with van der Waals surface area (Å²) < 4.78 is 0.780. The molecule has 132 valence electrons. The van der Waals surface area contributed by atoms with Crippen molar-refractivity contribution in [1.29, 1.82) is 0 Å². The summed E-state index contributed by atoms with van der Waals surface area (Å²) in [4.78, 5) is 25.9. The third-order valence-electron chi connectivity index (χ3n) is 4.15. The van der Waals surface area contributed by atoms with Crippen molar-refractivity contribution in [1.82, 2.24) is 25.6 Å². The minimum Gasteiger partial charge on any atom is -0.347 e. The summed E-state index contributed by atoms with van der Waals surface area (Å²) >= 11 is 1.46. The van der Waals surface area contributed by atoms with E-state index in [4.69, 9.17) is 0 Å². The minimum absolute atomic E-state index is 0.132. The molecule has 1 atom stereocenters. The maximum absolute atomic E-state index is 12.7. The Balaban J connectivity index is 1.61. The molecule has 3 N–H and O–H groups in total. The number of nitrogens with one attached hydrogen (secondary N) is 3. The lowest BCUT2D eigenvalue weighted by atomic mass is 10.2. The second-order valence-electron chi connectivity index (χ2n) is 6.01. The zero-order chi connectivity index (χ0) is 17.9. The van der Waals surface area contributed by atoms with Gasteiger partial charge in [0.25, 0.3) is 5.91 Å². The molecule has 3 aromatic rings. The van der Waals surface area contributed by atoms with Crippen LogP contribution in [-0.2, 0) is 0 Å². The maximum Gasteiger partial charge on any atom is 0.271 e. The first-order chi connectivity index (χ1) is 12.7. The number of hydrogen-bond acceptors (Lipinski definition) is 7. The van der Waals surface area contributed by atoms with Crippen LogP contribution in [0.2, 0.25) is 0 Å². The lowest BCUT2D eigenvalue weighted by Crippen LogP contribution is -2.36. The van der Waals surface area contributed by atoms with Crippen molar-refractivity contribution in [3.8, 4) is 0 Å². The van der Waals surface area contributed by atoms with E-state index >= 15 is 0 Å². The fraction of sp³-hybridized carbons (Fsp3) is 0.222. The van der Waals surface area contributed by atoms with Crippen LogP contribution in [0.3, 0.4) is 0 Å². The van der Waals surface area contributed by atoms with E-state index in [-0.39, 0.29) is 11.9 Å². The van der Waals surface area contributed by atoms with Gasteiger partial charge in [0.2, 0.25) is 5.95 Å². The van der Waals surface area contributed by atoms with Gasteiger partial charge in [-0.1, -0.05) is 12.6 Å². The quantitative estimate of drug-likeness (QED) is 0.642. The highest BCUT2D eigenvalue weighted by Crippen LogP contribution is 2.25. The number of carbonyl (C=O) groups is 1.